The van der Waals surface area contributed by atoms with Crippen LogP contribution in [0.2, 0.25) is 0 Å². The lowest BCUT2D eigenvalue weighted by atomic mass is 10.00. The molecular weight excluding hydrogens is 300 g/mol. The van der Waals surface area contributed by atoms with Crippen LogP contribution in [0.4, 0.5) is 0 Å². The summed E-state index contributed by atoms with van der Waals surface area (Å²) in [4.78, 5) is 39.0. The smallest absolute Gasteiger partial charge is 0.325 e. The van der Waals surface area contributed by atoms with E-state index in [9.17, 15) is 14.4 Å². The molecule has 2 aromatic rings. The van der Waals surface area contributed by atoms with Crippen LogP contribution >= 0.6 is 0 Å². The summed E-state index contributed by atoms with van der Waals surface area (Å²) in [6.07, 6.45) is 0.532. The van der Waals surface area contributed by atoms with E-state index in [4.69, 9.17) is 5.11 Å². The van der Waals surface area contributed by atoms with Crippen molar-refractivity contribution in [3.05, 3.63) is 27.2 Å². The molecule has 0 aromatic carbocycles. The van der Waals surface area contributed by atoms with Gasteiger partial charge in [0.25, 0.3) is 5.56 Å². The van der Waals surface area contributed by atoms with Gasteiger partial charge < -0.3 is 10.4 Å². The lowest BCUT2D eigenvalue weighted by molar-refractivity contribution is -0.141. The lowest BCUT2D eigenvalue weighted by Gasteiger charge is -2.12. The molecule has 23 heavy (non-hydrogen) atoms. The zero-order valence-corrected chi connectivity index (χ0v) is 13.6. The summed E-state index contributed by atoms with van der Waals surface area (Å²) in [5.41, 5.74) is 2.76. The van der Waals surface area contributed by atoms with Gasteiger partial charge >= 0.3 is 5.97 Å². The topological polar surface area (TPSA) is 117 Å². The van der Waals surface area contributed by atoms with Crippen molar-refractivity contribution >= 4 is 22.9 Å². The lowest BCUT2D eigenvalue weighted by Crippen LogP contribution is -2.38. The fourth-order valence-corrected chi connectivity index (χ4v) is 2.63. The standard InChI is InChI=1S/C15H20N4O4/c1-7-10(5-6-11(20)16-9(3)15(22)23)8(2)17-13-12(7)14(21)18-19(13)4/h9H,5-6H2,1-4H3,(H,16,20)(H,18,21)(H,22,23)/t9-/m1/s1. The monoisotopic (exact) mass is 320 g/mol. The highest BCUT2D eigenvalue weighted by atomic mass is 16.4. The summed E-state index contributed by atoms with van der Waals surface area (Å²) in [6, 6.07) is -0.928. The first-order valence-corrected chi connectivity index (χ1v) is 7.29. The number of H-pyrrole nitrogens is 1. The first kappa shape index (κ1) is 16.7. The van der Waals surface area contributed by atoms with Crippen molar-refractivity contribution in [1.82, 2.24) is 20.1 Å². The van der Waals surface area contributed by atoms with Gasteiger partial charge in [0.2, 0.25) is 5.91 Å². The van der Waals surface area contributed by atoms with Crippen molar-refractivity contribution in [2.75, 3.05) is 0 Å². The molecule has 0 aliphatic rings. The van der Waals surface area contributed by atoms with Crippen LogP contribution in [0.5, 0.6) is 0 Å². The number of fused-ring (bicyclic) bond motifs is 1. The Hall–Kier alpha value is -2.64. The summed E-state index contributed by atoms with van der Waals surface area (Å²) in [6.45, 7) is 5.07. The first-order valence-electron chi connectivity index (χ1n) is 7.29. The SMILES string of the molecule is Cc1nc2c(c(C)c1CCC(=O)N[C@H](C)C(=O)O)c(=O)[nH]n2C. The van der Waals surface area contributed by atoms with E-state index < -0.39 is 12.0 Å². The molecule has 0 fully saturated rings. The molecule has 3 N–H and O–H groups in total. The number of pyridine rings is 1. The number of aromatic nitrogens is 3. The minimum absolute atomic E-state index is 0.136. The maximum absolute atomic E-state index is 12.0. The van der Waals surface area contributed by atoms with Crippen molar-refractivity contribution in [1.29, 1.82) is 0 Å². The predicted molar refractivity (Wildman–Crippen MR) is 84.4 cm³/mol. The number of rotatable bonds is 5. The molecule has 0 spiro atoms. The largest absolute Gasteiger partial charge is 0.480 e. The van der Waals surface area contributed by atoms with Gasteiger partial charge in [-0.25, -0.2) is 4.98 Å². The van der Waals surface area contributed by atoms with Crippen LogP contribution < -0.4 is 10.9 Å². The Morgan fingerprint density at radius 2 is 2.04 bits per heavy atom. The Kier molecular flexibility index (Phi) is 4.53. The van der Waals surface area contributed by atoms with E-state index in [1.807, 2.05) is 13.8 Å². The second kappa shape index (κ2) is 6.23. The van der Waals surface area contributed by atoms with E-state index in [1.165, 1.54) is 6.92 Å². The number of hydrogen-bond donors (Lipinski definition) is 3. The third-order valence-corrected chi connectivity index (χ3v) is 3.93. The molecule has 0 aliphatic carbocycles. The number of hydrogen-bond acceptors (Lipinski definition) is 4. The maximum atomic E-state index is 12.0. The Bertz CT molecular complexity index is 834. The van der Waals surface area contributed by atoms with Crippen molar-refractivity contribution in [2.45, 2.75) is 39.7 Å². The number of amides is 1. The number of aliphatic carboxylic acids is 1. The van der Waals surface area contributed by atoms with E-state index in [-0.39, 0.29) is 17.9 Å². The highest BCUT2D eigenvalue weighted by Gasteiger charge is 2.17. The number of aryl methyl sites for hydroxylation is 3. The average molecular weight is 320 g/mol. The van der Waals surface area contributed by atoms with E-state index in [1.54, 1.807) is 11.7 Å². The fourth-order valence-electron chi connectivity index (χ4n) is 2.63. The zero-order chi connectivity index (χ0) is 17.3. The molecule has 2 rings (SSSR count). The van der Waals surface area contributed by atoms with Gasteiger partial charge in [-0.05, 0) is 38.3 Å². The molecule has 1 atom stereocenters. The summed E-state index contributed by atoms with van der Waals surface area (Å²) < 4.78 is 1.57. The molecule has 8 nitrogen and oxygen atoms in total. The second-order valence-electron chi connectivity index (χ2n) is 5.63. The van der Waals surface area contributed by atoms with Gasteiger partial charge in [-0.2, -0.15) is 0 Å². The third-order valence-electron chi connectivity index (χ3n) is 3.93. The van der Waals surface area contributed by atoms with E-state index in [0.29, 0.717) is 17.5 Å². The molecular formula is C15H20N4O4. The Morgan fingerprint density at radius 1 is 1.39 bits per heavy atom. The summed E-state index contributed by atoms with van der Waals surface area (Å²) in [5.74, 6) is -1.43. The molecule has 8 heteroatoms. The summed E-state index contributed by atoms with van der Waals surface area (Å²) in [5, 5.41) is 14.4. The quantitative estimate of drug-likeness (QED) is 0.737. The van der Waals surface area contributed by atoms with Gasteiger partial charge in [0.15, 0.2) is 5.65 Å². The summed E-state index contributed by atoms with van der Waals surface area (Å²) >= 11 is 0. The number of aromatic amines is 1. The van der Waals surface area contributed by atoms with Crippen LogP contribution in [0.25, 0.3) is 11.0 Å². The van der Waals surface area contributed by atoms with Crippen LogP contribution in [-0.2, 0) is 23.1 Å². The Balaban J connectivity index is 2.24. The van der Waals surface area contributed by atoms with Crippen molar-refractivity contribution in [3.8, 4) is 0 Å². The second-order valence-corrected chi connectivity index (χ2v) is 5.63. The number of carbonyl (C=O) groups excluding carboxylic acids is 1. The predicted octanol–water partition coefficient (Wildman–Crippen LogP) is 0.400. The molecule has 0 saturated heterocycles. The Morgan fingerprint density at radius 3 is 2.65 bits per heavy atom. The average Bonchev–Trinajstić information content (AvgIpc) is 2.73. The molecule has 2 heterocycles. The first-order chi connectivity index (χ1) is 10.7. The van der Waals surface area contributed by atoms with Crippen LogP contribution in [0.15, 0.2) is 4.79 Å². The molecule has 1 amide bonds. The van der Waals surface area contributed by atoms with Crippen LogP contribution in [0.3, 0.4) is 0 Å². The number of carboxylic acids is 1. The van der Waals surface area contributed by atoms with Gasteiger partial charge in [-0.3, -0.25) is 24.2 Å². The highest BCUT2D eigenvalue weighted by molar-refractivity contribution is 5.84. The fraction of sp³-hybridized carbons (Fsp3) is 0.467. The normalized spacial score (nSPS) is 12.3. The molecule has 0 unspecified atom stereocenters. The molecule has 124 valence electrons. The number of carbonyl (C=O) groups is 2. The van der Waals surface area contributed by atoms with Gasteiger partial charge in [-0.15, -0.1) is 0 Å². The molecule has 0 aliphatic heterocycles. The molecule has 0 saturated carbocycles. The number of nitrogens with zero attached hydrogens (tertiary/aromatic N) is 2. The van der Waals surface area contributed by atoms with Gasteiger partial charge in [0, 0.05) is 19.2 Å². The molecule has 0 radical (unpaired) electrons. The van der Waals surface area contributed by atoms with E-state index in [0.717, 1.165) is 16.8 Å². The van der Waals surface area contributed by atoms with Crippen molar-refractivity contribution < 1.29 is 14.7 Å². The van der Waals surface area contributed by atoms with Crippen LogP contribution in [0.1, 0.15) is 30.2 Å². The van der Waals surface area contributed by atoms with Crippen LogP contribution in [0, 0.1) is 13.8 Å². The zero-order valence-electron chi connectivity index (χ0n) is 13.6. The maximum Gasteiger partial charge on any atom is 0.325 e. The highest BCUT2D eigenvalue weighted by Crippen LogP contribution is 2.20. The van der Waals surface area contributed by atoms with Crippen molar-refractivity contribution in [3.63, 3.8) is 0 Å². The molecule has 0 bridgehead atoms. The third kappa shape index (κ3) is 3.25. The van der Waals surface area contributed by atoms with Gasteiger partial charge in [0.1, 0.15) is 6.04 Å². The van der Waals surface area contributed by atoms with Crippen molar-refractivity contribution in [2.24, 2.45) is 7.05 Å². The van der Waals surface area contributed by atoms with Gasteiger partial charge in [-0.1, -0.05) is 0 Å². The molecule has 2 aromatic heterocycles. The van der Waals surface area contributed by atoms with E-state index in [2.05, 4.69) is 15.4 Å². The number of carboxylic acid groups (broad SMARTS) is 1. The Labute approximate surface area is 132 Å². The minimum atomic E-state index is -1.08. The minimum Gasteiger partial charge on any atom is -0.480 e. The van der Waals surface area contributed by atoms with Crippen LogP contribution in [-0.4, -0.2) is 37.8 Å². The van der Waals surface area contributed by atoms with Gasteiger partial charge in [0.05, 0.1) is 5.39 Å². The number of nitrogens with one attached hydrogen (secondary N) is 2. The van der Waals surface area contributed by atoms with E-state index >= 15 is 0 Å². The summed E-state index contributed by atoms with van der Waals surface area (Å²) in [7, 11) is 1.72.